The zero-order valence-electron chi connectivity index (χ0n) is 10.9. The molecule has 7 heteroatoms. The molecule has 0 aliphatic heterocycles. The number of nitrogens with zero attached hydrogens (tertiary/aromatic N) is 1. The molecule has 0 saturated heterocycles. The Morgan fingerprint density at radius 3 is 2.57 bits per heavy atom. The van der Waals surface area contributed by atoms with Gasteiger partial charge in [0.05, 0.1) is 17.0 Å². The molecule has 0 aliphatic rings. The number of halogens is 3. The lowest BCUT2D eigenvalue weighted by Crippen LogP contribution is -2.10. The fourth-order valence-corrected chi connectivity index (χ4v) is 2.27. The maximum Gasteiger partial charge on any atom is 0.295 e. The fraction of sp³-hybridized carbons (Fsp3) is 0.143. The molecule has 0 radical (unpaired) electrons. The highest BCUT2D eigenvalue weighted by Gasteiger charge is 2.18. The molecule has 21 heavy (non-hydrogen) atoms. The summed E-state index contributed by atoms with van der Waals surface area (Å²) in [6.07, 6.45) is 0. The van der Waals surface area contributed by atoms with Crippen LogP contribution in [0, 0.1) is 21.7 Å². The van der Waals surface area contributed by atoms with E-state index in [1.807, 2.05) is 0 Å². The number of nitro benzene ring substituents is 1. The summed E-state index contributed by atoms with van der Waals surface area (Å²) in [5, 5.41) is 13.8. The highest BCUT2D eigenvalue weighted by molar-refractivity contribution is 9.10. The average Bonchev–Trinajstić information content (AvgIpc) is 2.40. The van der Waals surface area contributed by atoms with Gasteiger partial charge in [0, 0.05) is 10.0 Å². The van der Waals surface area contributed by atoms with Gasteiger partial charge < -0.3 is 5.32 Å². The van der Waals surface area contributed by atoms with Crippen molar-refractivity contribution in [3.8, 4) is 0 Å². The van der Waals surface area contributed by atoms with Crippen LogP contribution in [0.2, 0.25) is 0 Å². The van der Waals surface area contributed by atoms with Crippen molar-refractivity contribution in [2.45, 2.75) is 13.0 Å². The molecule has 0 bridgehead atoms. The highest BCUT2D eigenvalue weighted by atomic mass is 79.9. The Hall–Kier alpha value is -2.02. The first kappa shape index (κ1) is 15.4. The summed E-state index contributed by atoms with van der Waals surface area (Å²) in [6.45, 7) is 1.67. The third-order valence-electron chi connectivity index (χ3n) is 2.96. The molecule has 0 fully saturated rings. The first-order chi connectivity index (χ1) is 9.88. The smallest absolute Gasteiger partial charge is 0.295 e. The molecule has 0 amide bonds. The van der Waals surface area contributed by atoms with E-state index in [-0.39, 0.29) is 11.4 Å². The van der Waals surface area contributed by atoms with Crippen LogP contribution in [-0.2, 0) is 0 Å². The molecule has 0 heterocycles. The van der Waals surface area contributed by atoms with Gasteiger partial charge in [0.1, 0.15) is 17.3 Å². The van der Waals surface area contributed by atoms with Crippen LogP contribution in [0.25, 0.3) is 0 Å². The van der Waals surface area contributed by atoms with Gasteiger partial charge in [-0.15, -0.1) is 0 Å². The van der Waals surface area contributed by atoms with E-state index in [1.54, 1.807) is 19.1 Å². The lowest BCUT2D eigenvalue weighted by Gasteiger charge is -2.16. The molecule has 0 aliphatic carbocycles. The Morgan fingerprint density at radius 1 is 1.24 bits per heavy atom. The Balaban J connectivity index is 2.31. The monoisotopic (exact) mass is 356 g/mol. The standard InChI is InChI=1S/C14H11BrF2N2O2/c1-8(11-4-2-9(15)6-12(11)17)18-13-5-3-10(16)7-14(13)19(20)21/h2-8,18H,1H3. The first-order valence-electron chi connectivity index (χ1n) is 6.04. The molecular formula is C14H11BrF2N2O2. The van der Waals surface area contributed by atoms with Crippen molar-refractivity contribution in [2.75, 3.05) is 5.32 Å². The summed E-state index contributed by atoms with van der Waals surface area (Å²) in [5.41, 5.74) is 0.104. The summed E-state index contributed by atoms with van der Waals surface area (Å²) < 4.78 is 27.5. The summed E-state index contributed by atoms with van der Waals surface area (Å²) in [5.74, 6) is -1.14. The largest absolute Gasteiger partial charge is 0.373 e. The molecule has 0 spiro atoms. The average molecular weight is 357 g/mol. The molecule has 2 aromatic rings. The molecule has 2 rings (SSSR count). The second-order valence-electron chi connectivity index (χ2n) is 4.45. The quantitative estimate of drug-likeness (QED) is 0.631. The summed E-state index contributed by atoms with van der Waals surface area (Å²) in [7, 11) is 0. The number of hydrogen-bond donors (Lipinski definition) is 1. The Morgan fingerprint density at radius 2 is 1.95 bits per heavy atom. The predicted octanol–water partition coefficient (Wildman–Crippen LogP) is 4.81. The Labute approximate surface area is 128 Å². The van der Waals surface area contributed by atoms with Gasteiger partial charge in [-0.2, -0.15) is 0 Å². The lowest BCUT2D eigenvalue weighted by molar-refractivity contribution is -0.384. The first-order valence-corrected chi connectivity index (χ1v) is 6.83. The van der Waals surface area contributed by atoms with Crippen LogP contribution in [0.3, 0.4) is 0 Å². The van der Waals surface area contributed by atoms with Crippen molar-refractivity contribution in [2.24, 2.45) is 0 Å². The SMILES string of the molecule is CC(Nc1ccc(F)cc1[N+](=O)[O-])c1ccc(Br)cc1F. The Bertz CT molecular complexity index is 695. The zero-order valence-corrected chi connectivity index (χ0v) is 12.5. The lowest BCUT2D eigenvalue weighted by atomic mass is 10.1. The fourth-order valence-electron chi connectivity index (χ4n) is 1.94. The van der Waals surface area contributed by atoms with Crippen LogP contribution >= 0.6 is 15.9 Å². The van der Waals surface area contributed by atoms with Crippen LogP contribution in [-0.4, -0.2) is 4.92 Å². The minimum atomic E-state index is -0.699. The van der Waals surface area contributed by atoms with E-state index in [2.05, 4.69) is 21.2 Å². The van der Waals surface area contributed by atoms with Gasteiger partial charge in [-0.1, -0.05) is 22.0 Å². The van der Waals surface area contributed by atoms with Gasteiger partial charge in [-0.3, -0.25) is 10.1 Å². The molecule has 1 N–H and O–H groups in total. The number of nitro groups is 1. The molecule has 0 saturated carbocycles. The van der Waals surface area contributed by atoms with E-state index in [0.29, 0.717) is 10.0 Å². The van der Waals surface area contributed by atoms with Crippen molar-refractivity contribution in [3.05, 3.63) is 68.2 Å². The van der Waals surface area contributed by atoms with E-state index >= 15 is 0 Å². The number of hydrogen-bond acceptors (Lipinski definition) is 3. The maximum absolute atomic E-state index is 13.9. The summed E-state index contributed by atoms with van der Waals surface area (Å²) in [6, 6.07) is 7.25. The molecule has 1 unspecified atom stereocenters. The minimum absolute atomic E-state index is 0.135. The van der Waals surface area contributed by atoms with Gasteiger partial charge >= 0.3 is 0 Å². The van der Waals surface area contributed by atoms with Crippen LogP contribution in [0.1, 0.15) is 18.5 Å². The number of nitrogens with one attached hydrogen (secondary N) is 1. The molecule has 4 nitrogen and oxygen atoms in total. The van der Waals surface area contributed by atoms with Gasteiger partial charge in [0.25, 0.3) is 5.69 Å². The number of benzene rings is 2. The maximum atomic E-state index is 13.9. The zero-order chi connectivity index (χ0) is 15.6. The van der Waals surface area contributed by atoms with Crippen molar-refractivity contribution < 1.29 is 13.7 Å². The third kappa shape index (κ3) is 3.55. The predicted molar refractivity (Wildman–Crippen MR) is 79.2 cm³/mol. The second-order valence-corrected chi connectivity index (χ2v) is 5.37. The van der Waals surface area contributed by atoms with Crippen molar-refractivity contribution in [1.29, 1.82) is 0 Å². The van der Waals surface area contributed by atoms with Crippen LogP contribution in [0.5, 0.6) is 0 Å². The van der Waals surface area contributed by atoms with Crippen molar-refractivity contribution in [3.63, 3.8) is 0 Å². The Kier molecular flexibility index (Phi) is 4.52. The number of rotatable bonds is 4. The van der Waals surface area contributed by atoms with Crippen molar-refractivity contribution >= 4 is 27.3 Å². The van der Waals surface area contributed by atoms with Gasteiger partial charge in [0.2, 0.25) is 0 Å². The van der Waals surface area contributed by atoms with E-state index in [9.17, 15) is 18.9 Å². The topological polar surface area (TPSA) is 55.2 Å². The van der Waals surface area contributed by atoms with Crippen molar-refractivity contribution in [1.82, 2.24) is 0 Å². The van der Waals surface area contributed by atoms with E-state index in [0.717, 1.165) is 12.1 Å². The van der Waals surface area contributed by atoms with E-state index < -0.39 is 22.6 Å². The van der Waals surface area contributed by atoms with Gasteiger partial charge in [0.15, 0.2) is 0 Å². The van der Waals surface area contributed by atoms with E-state index in [1.165, 1.54) is 12.1 Å². The summed E-state index contributed by atoms with van der Waals surface area (Å²) in [4.78, 5) is 10.2. The van der Waals surface area contributed by atoms with Crippen LogP contribution in [0.15, 0.2) is 40.9 Å². The van der Waals surface area contributed by atoms with E-state index in [4.69, 9.17) is 0 Å². The third-order valence-corrected chi connectivity index (χ3v) is 3.45. The van der Waals surface area contributed by atoms with Crippen LogP contribution in [0.4, 0.5) is 20.2 Å². The molecular weight excluding hydrogens is 346 g/mol. The highest BCUT2D eigenvalue weighted by Crippen LogP contribution is 2.30. The summed E-state index contributed by atoms with van der Waals surface area (Å²) >= 11 is 3.16. The number of anilines is 1. The molecule has 0 aromatic heterocycles. The molecule has 2 aromatic carbocycles. The van der Waals surface area contributed by atoms with Gasteiger partial charge in [-0.25, -0.2) is 8.78 Å². The van der Waals surface area contributed by atoms with Gasteiger partial charge in [-0.05, 0) is 31.2 Å². The molecule has 110 valence electrons. The molecule has 1 atom stereocenters. The normalized spacial score (nSPS) is 12.0. The minimum Gasteiger partial charge on any atom is -0.373 e. The van der Waals surface area contributed by atoms with Crippen LogP contribution < -0.4 is 5.32 Å². The second kappa shape index (κ2) is 6.17.